The number of pyridine rings is 1. The van der Waals surface area contributed by atoms with Crippen LogP contribution >= 0.6 is 0 Å². The molecule has 22 heavy (non-hydrogen) atoms. The SMILES string of the molecule is CCN(CC)C(=O)c1ccc(Nc2cccc(C#N)c2)cn1. The van der Waals surface area contributed by atoms with Crippen molar-refractivity contribution in [2.24, 2.45) is 0 Å². The van der Waals surface area contributed by atoms with Gasteiger partial charge in [-0.15, -0.1) is 0 Å². The van der Waals surface area contributed by atoms with Gasteiger partial charge < -0.3 is 10.2 Å². The van der Waals surface area contributed by atoms with Crippen LogP contribution in [0, 0.1) is 11.3 Å². The molecule has 1 aromatic carbocycles. The Balaban J connectivity index is 2.12. The number of hydrogen-bond acceptors (Lipinski definition) is 4. The van der Waals surface area contributed by atoms with Gasteiger partial charge in [-0.2, -0.15) is 5.26 Å². The summed E-state index contributed by atoms with van der Waals surface area (Å²) in [7, 11) is 0. The molecule has 0 aliphatic carbocycles. The van der Waals surface area contributed by atoms with Crippen LogP contribution in [0.4, 0.5) is 11.4 Å². The van der Waals surface area contributed by atoms with E-state index in [1.165, 1.54) is 0 Å². The van der Waals surface area contributed by atoms with Gasteiger partial charge in [-0.05, 0) is 44.2 Å². The van der Waals surface area contributed by atoms with Crippen molar-refractivity contribution >= 4 is 17.3 Å². The molecule has 1 heterocycles. The molecule has 0 unspecified atom stereocenters. The van der Waals surface area contributed by atoms with Crippen molar-refractivity contribution in [3.8, 4) is 6.07 Å². The van der Waals surface area contributed by atoms with E-state index < -0.39 is 0 Å². The Labute approximate surface area is 130 Å². The smallest absolute Gasteiger partial charge is 0.272 e. The van der Waals surface area contributed by atoms with Crippen molar-refractivity contribution in [1.29, 1.82) is 5.26 Å². The molecule has 0 radical (unpaired) electrons. The van der Waals surface area contributed by atoms with Gasteiger partial charge in [-0.3, -0.25) is 4.79 Å². The van der Waals surface area contributed by atoms with Gasteiger partial charge in [-0.25, -0.2) is 4.98 Å². The summed E-state index contributed by atoms with van der Waals surface area (Å²) in [6.07, 6.45) is 1.62. The molecular weight excluding hydrogens is 276 g/mol. The van der Waals surface area contributed by atoms with Crippen molar-refractivity contribution in [3.63, 3.8) is 0 Å². The van der Waals surface area contributed by atoms with Gasteiger partial charge in [0, 0.05) is 18.8 Å². The Morgan fingerprint density at radius 2 is 2.00 bits per heavy atom. The Bertz CT molecular complexity index is 685. The summed E-state index contributed by atoms with van der Waals surface area (Å²) in [5, 5.41) is 12.1. The van der Waals surface area contributed by atoms with E-state index >= 15 is 0 Å². The van der Waals surface area contributed by atoms with E-state index in [1.807, 2.05) is 32.0 Å². The highest BCUT2D eigenvalue weighted by Crippen LogP contribution is 2.17. The predicted octanol–water partition coefficient (Wildman–Crippen LogP) is 3.18. The summed E-state index contributed by atoms with van der Waals surface area (Å²) in [6, 6.07) is 12.8. The molecule has 5 heteroatoms. The summed E-state index contributed by atoms with van der Waals surface area (Å²) in [6.45, 7) is 5.22. The zero-order valence-electron chi connectivity index (χ0n) is 12.7. The highest BCUT2D eigenvalue weighted by atomic mass is 16.2. The molecule has 0 saturated heterocycles. The third-order valence-corrected chi connectivity index (χ3v) is 3.31. The van der Waals surface area contributed by atoms with E-state index in [9.17, 15) is 4.79 Å². The zero-order chi connectivity index (χ0) is 15.9. The molecule has 0 spiro atoms. The molecule has 1 aromatic heterocycles. The topological polar surface area (TPSA) is 69.0 Å². The van der Waals surface area contributed by atoms with Crippen LogP contribution < -0.4 is 5.32 Å². The van der Waals surface area contributed by atoms with Crippen molar-refractivity contribution in [2.45, 2.75) is 13.8 Å². The van der Waals surface area contributed by atoms with E-state index in [2.05, 4.69) is 16.4 Å². The first-order chi connectivity index (χ1) is 10.7. The van der Waals surface area contributed by atoms with Crippen LogP contribution in [0.25, 0.3) is 0 Å². The monoisotopic (exact) mass is 294 g/mol. The van der Waals surface area contributed by atoms with Gasteiger partial charge in [0.1, 0.15) is 5.69 Å². The number of nitrogens with one attached hydrogen (secondary N) is 1. The van der Waals surface area contributed by atoms with Gasteiger partial charge in [0.25, 0.3) is 5.91 Å². The van der Waals surface area contributed by atoms with Crippen LogP contribution in [0.15, 0.2) is 42.6 Å². The van der Waals surface area contributed by atoms with Crippen molar-refractivity contribution in [1.82, 2.24) is 9.88 Å². The Kier molecular flexibility index (Phi) is 5.10. The molecule has 0 atom stereocenters. The number of anilines is 2. The summed E-state index contributed by atoms with van der Waals surface area (Å²) in [5.74, 6) is -0.0666. The molecule has 2 rings (SSSR count). The van der Waals surface area contributed by atoms with Gasteiger partial charge >= 0.3 is 0 Å². The van der Waals surface area contributed by atoms with Crippen LogP contribution in [0.3, 0.4) is 0 Å². The number of carbonyl (C=O) groups is 1. The minimum absolute atomic E-state index is 0.0666. The highest BCUT2D eigenvalue weighted by molar-refractivity contribution is 5.92. The van der Waals surface area contributed by atoms with Gasteiger partial charge in [-0.1, -0.05) is 6.07 Å². The van der Waals surface area contributed by atoms with Crippen molar-refractivity contribution in [2.75, 3.05) is 18.4 Å². The van der Waals surface area contributed by atoms with E-state index in [1.54, 1.807) is 29.3 Å². The second-order valence-corrected chi connectivity index (χ2v) is 4.73. The van der Waals surface area contributed by atoms with Gasteiger partial charge in [0.05, 0.1) is 23.5 Å². The first-order valence-electron chi connectivity index (χ1n) is 7.20. The Morgan fingerprint density at radius 1 is 1.23 bits per heavy atom. The number of hydrogen-bond donors (Lipinski definition) is 1. The molecule has 0 aliphatic heterocycles. The lowest BCUT2D eigenvalue weighted by molar-refractivity contribution is 0.0767. The number of nitrogens with zero attached hydrogens (tertiary/aromatic N) is 3. The second-order valence-electron chi connectivity index (χ2n) is 4.73. The average molecular weight is 294 g/mol. The molecule has 0 bridgehead atoms. The normalized spacial score (nSPS) is 9.86. The number of amides is 1. The third kappa shape index (κ3) is 3.61. The highest BCUT2D eigenvalue weighted by Gasteiger charge is 2.13. The number of benzene rings is 1. The molecule has 0 saturated carbocycles. The minimum atomic E-state index is -0.0666. The fraction of sp³-hybridized carbons (Fsp3) is 0.235. The molecule has 1 amide bonds. The lowest BCUT2D eigenvalue weighted by atomic mass is 10.2. The van der Waals surface area contributed by atoms with E-state index in [4.69, 9.17) is 5.26 Å². The average Bonchev–Trinajstić information content (AvgIpc) is 2.56. The van der Waals surface area contributed by atoms with E-state index in [0.717, 1.165) is 11.4 Å². The zero-order valence-corrected chi connectivity index (χ0v) is 12.7. The predicted molar refractivity (Wildman–Crippen MR) is 85.9 cm³/mol. The number of aromatic nitrogens is 1. The summed E-state index contributed by atoms with van der Waals surface area (Å²) in [4.78, 5) is 18.1. The molecule has 5 nitrogen and oxygen atoms in total. The quantitative estimate of drug-likeness (QED) is 0.919. The number of carbonyl (C=O) groups excluding carboxylic acids is 1. The maximum absolute atomic E-state index is 12.2. The third-order valence-electron chi connectivity index (χ3n) is 3.31. The lowest BCUT2D eigenvalue weighted by Gasteiger charge is -2.18. The van der Waals surface area contributed by atoms with Crippen molar-refractivity contribution in [3.05, 3.63) is 53.9 Å². The molecule has 112 valence electrons. The van der Waals surface area contributed by atoms with Gasteiger partial charge in [0.15, 0.2) is 0 Å². The number of nitriles is 1. The van der Waals surface area contributed by atoms with Crippen molar-refractivity contribution < 1.29 is 4.79 Å². The summed E-state index contributed by atoms with van der Waals surface area (Å²) < 4.78 is 0. The summed E-state index contributed by atoms with van der Waals surface area (Å²) in [5.41, 5.74) is 2.60. The first kappa shape index (κ1) is 15.5. The lowest BCUT2D eigenvalue weighted by Crippen LogP contribution is -2.31. The largest absolute Gasteiger partial charge is 0.354 e. The number of rotatable bonds is 5. The molecule has 2 aromatic rings. The van der Waals surface area contributed by atoms with Crippen LogP contribution in [0.5, 0.6) is 0 Å². The Hall–Kier alpha value is -2.87. The molecule has 1 N–H and O–H groups in total. The minimum Gasteiger partial charge on any atom is -0.354 e. The Morgan fingerprint density at radius 3 is 2.59 bits per heavy atom. The van der Waals surface area contributed by atoms with Gasteiger partial charge in [0.2, 0.25) is 0 Å². The second kappa shape index (κ2) is 7.23. The molecule has 0 aliphatic rings. The fourth-order valence-electron chi connectivity index (χ4n) is 2.10. The van der Waals surface area contributed by atoms with Crippen LogP contribution in [-0.4, -0.2) is 28.9 Å². The van der Waals surface area contributed by atoms with Crippen LogP contribution in [0.2, 0.25) is 0 Å². The standard InChI is InChI=1S/C17H18N4O/c1-3-21(4-2)17(22)16-9-8-15(12-19-16)20-14-7-5-6-13(10-14)11-18/h5-10,12,20H,3-4H2,1-2H3. The van der Waals surface area contributed by atoms with E-state index in [-0.39, 0.29) is 5.91 Å². The van der Waals surface area contributed by atoms with Crippen LogP contribution in [-0.2, 0) is 0 Å². The molecule has 0 fully saturated rings. The maximum atomic E-state index is 12.2. The fourth-order valence-corrected chi connectivity index (χ4v) is 2.10. The first-order valence-corrected chi connectivity index (χ1v) is 7.20. The van der Waals surface area contributed by atoms with E-state index in [0.29, 0.717) is 24.3 Å². The van der Waals surface area contributed by atoms with Crippen LogP contribution in [0.1, 0.15) is 29.9 Å². The maximum Gasteiger partial charge on any atom is 0.272 e. The molecular formula is C17H18N4O. The summed E-state index contributed by atoms with van der Waals surface area (Å²) >= 11 is 0.